The molecule has 1 aliphatic heterocycles. The van der Waals surface area contributed by atoms with Gasteiger partial charge in [-0.25, -0.2) is 4.98 Å². The first-order valence-corrected chi connectivity index (χ1v) is 9.69. The maximum Gasteiger partial charge on any atom is 0.254 e. The van der Waals surface area contributed by atoms with Crippen LogP contribution in [0.1, 0.15) is 10.4 Å². The molecule has 0 aliphatic carbocycles. The number of thioether (sulfide) groups is 1. The summed E-state index contributed by atoms with van der Waals surface area (Å²) in [6, 6.07) is 8.52. The van der Waals surface area contributed by atoms with Crippen molar-refractivity contribution in [2.24, 2.45) is 0 Å². The van der Waals surface area contributed by atoms with Crippen LogP contribution in [-0.2, 0) is 4.79 Å². The average Bonchev–Trinajstić information content (AvgIpc) is 3.12. The van der Waals surface area contributed by atoms with Crippen molar-refractivity contribution < 1.29 is 19.1 Å². The second-order valence-electron chi connectivity index (χ2n) is 5.46. The number of pyridine rings is 1. The van der Waals surface area contributed by atoms with Gasteiger partial charge in [0.1, 0.15) is 5.03 Å². The van der Waals surface area contributed by atoms with Gasteiger partial charge in [-0.3, -0.25) is 9.59 Å². The zero-order valence-corrected chi connectivity index (χ0v) is 16.6. The van der Waals surface area contributed by atoms with Crippen LogP contribution < -0.4 is 20.1 Å². The lowest BCUT2D eigenvalue weighted by Gasteiger charge is -2.09. The van der Waals surface area contributed by atoms with E-state index in [1.54, 1.807) is 36.5 Å². The van der Waals surface area contributed by atoms with Gasteiger partial charge < -0.3 is 20.1 Å². The highest BCUT2D eigenvalue weighted by molar-refractivity contribution is 9.11. The van der Waals surface area contributed by atoms with Crippen molar-refractivity contribution in [1.29, 1.82) is 0 Å². The lowest BCUT2D eigenvalue weighted by molar-refractivity contribution is -0.113. The molecule has 1 aromatic heterocycles. The summed E-state index contributed by atoms with van der Waals surface area (Å²) in [6.07, 6.45) is 1.58. The molecule has 2 aromatic rings. The summed E-state index contributed by atoms with van der Waals surface area (Å²) in [7, 11) is 0. The highest BCUT2D eigenvalue weighted by atomic mass is 79.9. The largest absolute Gasteiger partial charge is 0.454 e. The van der Waals surface area contributed by atoms with Crippen molar-refractivity contribution >= 4 is 45.2 Å². The fourth-order valence-electron chi connectivity index (χ4n) is 2.26. The Hall–Kier alpha value is -2.52. The zero-order chi connectivity index (χ0) is 19.2. The summed E-state index contributed by atoms with van der Waals surface area (Å²) < 4.78 is 11.2. The predicted molar refractivity (Wildman–Crippen MR) is 107 cm³/mol. The van der Waals surface area contributed by atoms with E-state index in [1.807, 2.05) is 0 Å². The lowest BCUT2D eigenvalue weighted by atomic mass is 10.2. The average molecular weight is 450 g/mol. The van der Waals surface area contributed by atoms with E-state index in [1.165, 1.54) is 11.8 Å². The number of aromatic nitrogens is 1. The van der Waals surface area contributed by atoms with Gasteiger partial charge in [0, 0.05) is 29.0 Å². The zero-order valence-electron chi connectivity index (χ0n) is 14.2. The third kappa shape index (κ3) is 5.24. The molecule has 0 bridgehead atoms. The van der Waals surface area contributed by atoms with E-state index in [2.05, 4.69) is 38.1 Å². The molecule has 0 fully saturated rings. The fourth-order valence-corrected chi connectivity index (χ4v) is 3.19. The third-order valence-electron chi connectivity index (χ3n) is 3.45. The molecule has 1 aromatic carbocycles. The molecule has 0 spiro atoms. The molecule has 7 nitrogen and oxygen atoms in total. The summed E-state index contributed by atoms with van der Waals surface area (Å²) in [6.45, 7) is 4.16. The summed E-state index contributed by atoms with van der Waals surface area (Å²) in [5, 5.41) is 6.00. The quantitative estimate of drug-likeness (QED) is 0.630. The number of hydrogen-bond acceptors (Lipinski definition) is 6. The Bertz CT molecular complexity index is 891. The van der Waals surface area contributed by atoms with Gasteiger partial charge in [-0.05, 0) is 24.3 Å². The van der Waals surface area contributed by atoms with Crippen LogP contribution in [0, 0.1) is 0 Å². The molecule has 2 heterocycles. The molecule has 2 amide bonds. The van der Waals surface area contributed by atoms with Crippen LogP contribution in [-0.4, -0.2) is 35.9 Å². The number of halogens is 1. The minimum absolute atomic E-state index is 0.108. The molecule has 0 radical (unpaired) electrons. The van der Waals surface area contributed by atoms with E-state index in [0.29, 0.717) is 38.8 Å². The Labute approximate surface area is 168 Å². The first-order valence-electron chi connectivity index (χ1n) is 7.92. The number of nitrogens with zero attached hydrogens (tertiary/aromatic N) is 1. The van der Waals surface area contributed by atoms with E-state index in [0.717, 1.165) is 0 Å². The Balaban J connectivity index is 1.59. The molecule has 2 N–H and O–H groups in total. The van der Waals surface area contributed by atoms with Crippen LogP contribution in [0.5, 0.6) is 11.5 Å². The molecular formula is C18H16BrN3O4S. The lowest BCUT2D eigenvalue weighted by Crippen LogP contribution is -2.25. The van der Waals surface area contributed by atoms with Gasteiger partial charge in [-0.15, -0.1) is 0 Å². The highest BCUT2D eigenvalue weighted by Crippen LogP contribution is 2.34. The fraction of sp³-hybridized carbons (Fsp3) is 0.167. The number of fused-ring (bicyclic) bond motifs is 1. The standard InChI is InChI=1S/C18H16BrN3O4S/c1-11(19)8-21-17(24)13-3-2-6-20-18(13)27-9-16(23)22-12-4-5-14-15(7-12)26-10-25-14/h2-7H,1,8-10H2,(H,21,24)(H,22,23). The van der Waals surface area contributed by atoms with Gasteiger partial charge >= 0.3 is 0 Å². The van der Waals surface area contributed by atoms with Gasteiger partial charge in [0.05, 0.1) is 11.3 Å². The smallest absolute Gasteiger partial charge is 0.254 e. The first kappa shape index (κ1) is 19.2. The normalized spacial score (nSPS) is 11.7. The summed E-state index contributed by atoms with van der Waals surface area (Å²) in [5.74, 6) is 0.860. The van der Waals surface area contributed by atoms with Crippen LogP contribution >= 0.6 is 27.7 Å². The Morgan fingerprint density at radius 2 is 2.07 bits per heavy atom. The van der Waals surface area contributed by atoms with E-state index in [-0.39, 0.29) is 24.4 Å². The maximum atomic E-state index is 12.3. The number of benzene rings is 1. The van der Waals surface area contributed by atoms with Gasteiger partial charge in [-0.1, -0.05) is 34.3 Å². The highest BCUT2D eigenvalue weighted by Gasteiger charge is 2.16. The van der Waals surface area contributed by atoms with E-state index < -0.39 is 0 Å². The Kier molecular flexibility index (Phi) is 6.36. The van der Waals surface area contributed by atoms with E-state index in [4.69, 9.17) is 9.47 Å². The molecule has 1 aliphatic rings. The minimum atomic E-state index is -0.276. The molecule has 0 atom stereocenters. The van der Waals surface area contributed by atoms with Crippen LogP contribution in [0.15, 0.2) is 52.6 Å². The molecule has 0 saturated heterocycles. The summed E-state index contributed by atoms with van der Waals surface area (Å²) >= 11 is 4.38. The first-order chi connectivity index (χ1) is 13.0. The van der Waals surface area contributed by atoms with Crippen LogP contribution in [0.25, 0.3) is 0 Å². The van der Waals surface area contributed by atoms with E-state index in [9.17, 15) is 9.59 Å². The van der Waals surface area contributed by atoms with E-state index >= 15 is 0 Å². The third-order valence-corrected chi connectivity index (χ3v) is 4.74. The monoisotopic (exact) mass is 449 g/mol. The second-order valence-corrected chi connectivity index (χ2v) is 7.55. The van der Waals surface area contributed by atoms with Crippen LogP contribution in [0.2, 0.25) is 0 Å². The molecule has 0 unspecified atom stereocenters. The number of ether oxygens (including phenoxy) is 2. The number of hydrogen-bond donors (Lipinski definition) is 2. The molecular weight excluding hydrogens is 434 g/mol. The van der Waals surface area contributed by atoms with Crippen molar-refractivity contribution in [2.75, 3.05) is 24.4 Å². The van der Waals surface area contributed by atoms with Gasteiger partial charge in [0.15, 0.2) is 11.5 Å². The van der Waals surface area contributed by atoms with Crippen molar-refractivity contribution in [3.63, 3.8) is 0 Å². The van der Waals surface area contributed by atoms with Crippen molar-refractivity contribution in [2.45, 2.75) is 5.03 Å². The SMILES string of the molecule is C=C(Br)CNC(=O)c1cccnc1SCC(=O)Nc1ccc2c(c1)OCO2. The van der Waals surface area contributed by atoms with Gasteiger partial charge in [0.25, 0.3) is 5.91 Å². The number of carbonyl (C=O) groups is 2. The summed E-state index contributed by atoms with van der Waals surface area (Å²) in [4.78, 5) is 28.7. The number of amides is 2. The molecule has 3 rings (SSSR count). The Morgan fingerprint density at radius 1 is 1.26 bits per heavy atom. The number of carbonyl (C=O) groups excluding carboxylic acids is 2. The van der Waals surface area contributed by atoms with Crippen molar-refractivity contribution in [3.05, 3.63) is 53.2 Å². The van der Waals surface area contributed by atoms with Crippen molar-refractivity contribution in [1.82, 2.24) is 10.3 Å². The molecule has 27 heavy (non-hydrogen) atoms. The molecule has 140 valence electrons. The topological polar surface area (TPSA) is 89.6 Å². The predicted octanol–water partition coefficient (Wildman–Crippen LogP) is 3.18. The van der Waals surface area contributed by atoms with Gasteiger partial charge in [0.2, 0.25) is 12.7 Å². The summed E-state index contributed by atoms with van der Waals surface area (Å²) in [5.41, 5.74) is 1.02. The molecule has 0 saturated carbocycles. The maximum absolute atomic E-state index is 12.3. The number of anilines is 1. The second kappa shape index (κ2) is 8.92. The minimum Gasteiger partial charge on any atom is -0.454 e. The molecule has 9 heteroatoms. The number of rotatable bonds is 7. The van der Waals surface area contributed by atoms with Gasteiger partial charge in [-0.2, -0.15) is 0 Å². The Morgan fingerprint density at radius 3 is 2.89 bits per heavy atom. The van der Waals surface area contributed by atoms with Crippen LogP contribution in [0.4, 0.5) is 5.69 Å². The number of nitrogens with one attached hydrogen (secondary N) is 2. The van der Waals surface area contributed by atoms with Crippen LogP contribution in [0.3, 0.4) is 0 Å². The van der Waals surface area contributed by atoms with Crippen molar-refractivity contribution in [3.8, 4) is 11.5 Å².